The fourth-order valence-corrected chi connectivity index (χ4v) is 1.88. The van der Waals surface area contributed by atoms with Crippen molar-refractivity contribution in [2.24, 2.45) is 0 Å². The lowest BCUT2D eigenvalue weighted by Gasteiger charge is -2.14. The summed E-state index contributed by atoms with van der Waals surface area (Å²) in [6, 6.07) is 9.27. The molecule has 0 bridgehead atoms. The standard InChI is InChI=1S/C14H10ClF3O2/c15-11-7-9(8-19)5-6-13(11)20-12-4-2-1-3-10(12)14(16,17)18/h1-7,19H,8H2. The third-order valence-corrected chi connectivity index (χ3v) is 2.89. The fraction of sp³-hybridized carbons (Fsp3) is 0.143. The largest absolute Gasteiger partial charge is 0.455 e. The molecule has 2 nitrogen and oxygen atoms in total. The summed E-state index contributed by atoms with van der Waals surface area (Å²) in [7, 11) is 0. The summed E-state index contributed by atoms with van der Waals surface area (Å²) in [4.78, 5) is 0. The highest BCUT2D eigenvalue weighted by molar-refractivity contribution is 6.32. The van der Waals surface area contributed by atoms with E-state index in [4.69, 9.17) is 21.4 Å². The van der Waals surface area contributed by atoms with Gasteiger partial charge in [-0.2, -0.15) is 13.2 Å². The summed E-state index contributed by atoms with van der Waals surface area (Å²) in [6.45, 7) is -0.209. The third kappa shape index (κ3) is 3.23. The normalized spacial score (nSPS) is 11.4. The van der Waals surface area contributed by atoms with Crippen molar-refractivity contribution in [1.29, 1.82) is 0 Å². The van der Waals surface area contributed by atoms with E-state index in [0.717, 1.165) is 6.07 Å². The van der Waals surface area contributed by atoms with E-state index in [0.29, 0.717) is 5.56 Å². The van der Waals surface area contributed by atoms with Crippen LogP contribution in [0.1, 0.15) is 11.1 Å². The van der Waals surface area contributed by atoms with Crippen molar-refractivity contribution in [3.05, 3.63) is 58.6 Å². The van der Waals surface area contributed by atoms with Crippen LogP contribution in [0.15, 0.2) is 42.5 Å². The molecular formula is C14H10ClF3O2. The van der Waals surface area contributed by atoms with Gasteiger partial charge < -0.3 is 9.84 Å². The van der Waals surface area contributed by atoms with Gasteiger partial charge in [-0.3, -0.25) is 0 Å². The molecule has 0 amide bonds. The van der Waals surface area contributed by atoms with Crippen molar-refractivity contribution in [3.63, 3.8) is 0 Å². The van der Waals surface area contributed by atoms with Crippen molar-refractivity contribution in [2.45, 2.75) is 12.8 Å². The highest BCUT2D eigenvalue weighted by Crippen LogP contribution is 2.39. The summed E-state index contributed by atoms with van der Waals surface area (Å²) in [6.07, 6.45) is -4.51. The molecule has 0 saturated carbocycles. The van der Waals surface area contributed by atoms with Gasteiger partial charge in [-0.05, 0) is 29.8 Å². The Balaban J connectivity index is 2.36. The Bertz CT molecular complexity index is 612. The Morgan fingerprint density at radius 1 is 1.05 bits per heavy atom. The quantitative estimate of drug-likeness (QED) is 0.894. The number of para-hydroxylation sites is 1. The number of aliphatic hydroxyl groups is 1. The molecule has 2 rings (SSSR count). The predicted octanol–water partition coefficient (Wildman–Crippen LogP) is 4.64. The van der Waals surface area contributed by atoms with Crippen LogP contribution in [-0.4, -0.2) is 5.11 Å². The number of ether oxygens (including phenoxy) is 1. The molecule has 0 radical (unpaired) electrons. The number of benzene rings is 2. The molecule has 0 spiro atoms. The van der Waals surface area contributed by atoms with Gasteiger partial charge in [0.25, 0.3) is 0 Å². The average molecular weight is 303 g/mol. The summed E-state index contributed by atoms with van der Waals surface area (Å²) in [5.74, 6) is -0.223. The molecule has 0 aliphatic heterocycles. The van der Waals surface area contributed by atoms with Crippen molar-refractivity contribution in [2.75, 3.05) is 0 Å². The van der Waals surface area contributed by atoms with Crippen LogP contribution >= 0.6 is 11.6 Å². The molecule has 0 aromatic heterocycles. The van der Waals surface area contributed by atoms with Gasteiger partial charge in [-0.1, -0.05) is 29.8 Å². The predicted molar refractivity (Wildman–Crippen MR) is 68.9 cm³/mol. The fourth-order valence-electron chi connectivity index (χ4n) is 1.63. The first-order valence-corrected chi connectivity index (χ1v) is 6.03. The van der Waals surface area contributed by atoms with E-state index >= 15 is 0 Å². The van der Waals surface area contributed by atoms with Crippen molar-refractivity contribution in [1.82, 2.24) is 0 Å². The molecule has 0 heterocycles. The lowest BCUT2D eigenvalue weighted by molar-refractivity contribution is -0.138. The lowest BCUT2D eigenvalue weighted by atomic mass is 10.2. The number of alkyl halides is 3. The summed E-state index contributed by atoms with van der Waals surface area (Å²) < 4.78 is 43.7. The number of hydrogen-bond donors (Lipinski definition) is 1. The number of rotatable bonds is 3. The summed E-state index contributed by atoms with van der Waals surface area (Å²) in [5.41, 5.74) is -0.325. The lowest BCUT2D eigenvalue weighted by Crippen LogP contribution is -2.06. The van der Waals surface area contributed by atoms with E-state index in [-0.39, 0.29) is 23.1 Å². The van der Waals surface area contributed by atoms with Crippen LogP contribution < -0.4 is 4.74 Å². The molecule has 106 valence electrons. The maximum absolute atomic E-state index is 12.8. The minimum Gasteiger partial charge on any atom is -0.455 e. The number of halogens is 4. The van der Waals surface area contributed by atoms with Crippen molar-refractivity contribution < 1.29 is 23.0 Å². The Morgan fingerprint density at radius 3 is 2.35 bits per heavy atom. The molecule has 0 saturated heterocycles. The van der Waals surface area contributed by atoms with Crippen LogP contribution in [-0.2, 0) is 12.8 Å². The van der Waals surface area contributed by atoms with E-state index in [9.17, 15) is 13.2 Å². The van der Waals surface area contributed by atoms with Gasteiger partial charge >= 0.3 is 6.18 Å². The minimum absolute atomic E-state index is 0.0977. The van der Waals surface area contributed by atoms with Crippen LogP contribution in [0.5, 0.6) is 11.5 Å². The van der Waals surface area contributed by atoms with Crippen LogP contribution in [0.3, 0.4) is 0 Å². The van der Waals surface area contributed by atoms with Crippen molar-refractivity contribution in [3.8, 4) is 11.5 Å². The molecule has 0 aliphatic rings. The molecule has 0 unspecified atom stereocenters. The number of hydrogen-bond acceptors (Lipinski definition) is 2. The van der Waals surface area contributed by atoms with Crippen LogP contribution in [0, 0.1) is 0 Å². The zero-order chi connectivity index (χ0) is 14.8. The molecule has 0 aliphatic carbocycles. The van der Waals surface area contributed by atoms with Crippen LogP contribution in [0.25, 0.3) is 0 Å². The zero-order valence-electron chi connectivity index (χ0n) is 10.1. The topological polar surface area (TPSA) is 29.5 Å². The van der Waals surface area contributed by atoms with Gasteiger partial charge in [0, 0.05) is 0 Å². The van der Waals surface area contributed by atoms with E-state index in [2.05, 4.69) is 0 Å². The van der Waals surface area contributed by atoms with Gasteiger partial charge in [0.2, 0.25) is 0 Å². The molecular weight excluding hydrogens is 293 g/mol. The summed E-state index contributed by atoms with van der Waals surface area (Å²) >= 11 is 5.91. The van der Waals surface area contributed by atoms with Gasteiger partial charge in [-0.15, -0.1) is 0 Å². The van der Waals surface area contributed by atoms with Gasteiger partial charge in [0.05, 0.1) is 17.2 Å². The molecule has 2 aromatic rings. The smallest absolute Gasteiger partial charge is 0.419 e. The maximum atomic E-state index is 12.8. The molecule has 1 N–H and O–H groups in total. The molecule has 2 aromatic carbocycles. The monoisotopic (exact) mass is 302 g/mol. The highest BCUT2D eigenvalue weighted by atomic mass is 35.5. The zero-order valence-corrected chi connectivity index (χ0v) is 10.9. The van der Waals surface area contributed by atoms with E-state index in [1.807, 2.05) is 0 Å². The minimum atomic E-state index is -4.51. The number of aliphatic hydroxyl groups excluding tert-OH is 1. The van der Waals surface area contributed by atoms with E-state index < -0.39 is 11.7 Å². The first kappa shape index (κ1) is 14.7. The van der Waals surface area contributed by atoms with Gasteiger partial charge in [-0.25, -0.2) is 0 Å². The van der Waals surface area contributed by atoms with Crippen molar-refractivity contribution >= 4 is 11.6 Å². The summed E-state index contributed by atoms with van der Waals surface area (Å²) in [5, 5.41) is 9.08. The van der Waals surface area contributed by atoms with Crippen LogP contribution in [0.2, 0.25) is 5.02 Å². The van der Waals surface area contributed by atoms with E-state index in [1.54, 1.807) is 0 Å². The Hall–Kier alpha value is -1.72. The Kier molecular flexibility index (Phi) is 4.20. The third-order valence-electron chi connectivity index (χ3n) is 2.59. The second-order valence-electron chi connectivity index (χ2n) is 4.02. The molecule has 20 heavy (non-hydrogen) atoms. The highest BCUT2D eigenvalue weighted by Gasteiger charge is 2.34. The first-order valence-electron chi connectivity index (χ1n) is 5.65. The van der Waals surface area contributed by atoms with Gasteiger partial charge in [0.1, 0.15) is 11.5 Å². The molecule has 0 fully saturated rings. The second kappa shape index (κ2) is 5.73. The Morgan fingerprint density at radius 2 is 1.75 bits per heavy atom. The molecule has 0 atom stereocenters. The second-order valence-corrected chi connectivity index (χ2v) is 4.43. The Labute approximate surface area is 118 Å². The average Bonchev–Trinajstić information content (AvgIpc) is 2.40. The van der Waals surface area contributed by atoms with Crippen LogP contribution in [0.4, 0.5) is 13.2 Å². The first-order chi connectivity index (χ1) is 9.41. The van der Waals surface area contributed by atoms with E-state index in [1.165, 1.54) is 36.4 Å². The maximum Gasteiger partial charge on any atom is 0.419 e. The van der Waals surface area contributed by atoms with Gasteiger partial charge in [0.15, 0.2) is 0 Å². The SMILES string of the molecule is OCc1ccc(Oc2ccccc2C(F)(F)F)c(Cl)c1. The molecule has 6 heteroatoms.